The molecule has 0 bridgehead atoms. The summed E-state index contributed by atoms with van der Waals surface area (Å²) in [5.74, 6) is 0.129. The predicted octanol–water partition coefficient (Wildman–Crippen LogP) is 0.531. The highest BCUT2D eigenvalue weighted by Crippen LogP contribution is 2.15. The van der Waals surface area contributed by atoms with Crippen molar-refractivity contribution in [2.75, 3.05) is 19.6 Å². The summed E-state index contributed by atoms with van der Waals surface area (Å²) in [5.41, 5.74) is 0. The molecule has 1 aliphatic heterocycles. The van der Waals surface area contributed by atoms with Gasteiger partial charge in [-0.1, -0.05) is 6.07 Å². The van der Waals surface area contributed by atoms with Crippen LogP contribution in [0.2, 0.25) is 0 Å². The maximum atomic E-state index is 12.0. The molecule has 1 aliphatic rings. The maximum absolute atomic E-state index is 12.0. The topological polar surface area (TPSA) is 87.3 Å². The summed E-state index contributed by atoms with van der Waals surface area (Å²) in [4.78, 5) is 12.0. The molecule has 0 aliphatic carbocycles. The van der Waals surface area contributed by atoms with Gasteiger partial charge in [0.1, 0.15) is 4.21 Å². The number of hydrogen-bond acceptors (Lipinski definition) is 5. The van der Waals surface area contributed by atoms with Gasteiger partial charge in [0, 0.05) is 6.54 Å². The lowest BCUT2D eigenvalue weighted by atomic mass is 10.00. The normalized spacial score (nSPS) is 20.9. The van der Waals surface area contributed by atoms with E-state index in [0.717, 1.165) is 37.3 Å². The lowest BCUT2D eigenvalue weighted by Crippen LogP contribution is -2.47. The van der Waals surface area contributed by atoms with Gasteiger partial charge in [-0.25, -0.2) is 8.42 Å². The molecule has 1 aromatic heterocycles. The first kappa shape index (κ1) is 16.4. The fourth-order valence-corrected chi connectivity index (χ4v) is 4.47. The Bertz CT molecular complexity index is 551. The van der Waals surface area contributed by atoms with E-state index in [2.05, 4.69) is 15.4 Å². The van der Waals surface area contributed by atoms with Crippen LogP contribution in [0.5, 0.6) is 0 Å². The Kier molecular flexibility index (Phi) is 5.74. The Balaban J connectivity index is 1.82. The molecular formula is C13H21N3O3S2. The minimum absolute atomic E-state index is 0.221. The number of amides is 1. The molecule has 0 spiro atoms. The Labute approximate surface area is 129 Å². The quantitative estimate of drug-likeness (QED) is 0.710. The van der Waals surface area contributed by atoms with Gasteiger partial charge in [0.05, 0.1) is 6.04 Å². The Morgan fingerprint density at radius 3 is 3.00 bits per heavy atom. The molecule has 2 unspecified atom stereocenters. The van der Waals surface area contributed by atoms with Crippen molar-refractivity contribution in [3.05, 3.63) is 17.5 Å². The third-order valence-corrected chi connectivity index (χ3v) is 6.39. The molecule has 0 saturated carbocycles. The van der Waals surface area contributed by atoms with Crippen LogP contribution in [0.15, 0.2) is 21.7 Å². The number of carbonyl (C=O) groups excluding carboxylic acids is 1. The van der Waals surface area contributed by atoms with Crippen LogP contribution in [0, 0.1) is 5.92 Å². The lowest BCUT2D eigenvalue weighted by molar-refractivity contribution is -0.122. The predicted molar refractivity (Wildman–Crippen MR) is 82.7 cm³/mol. The maximum Gasteiger partial charge on any atom is 0.250 e. The minimum atomic E-state index is -3.61. The highest BCUT2D eigenvalue weighted by Gasteiger charge is 2.23. The van der Waals surface area contributed by atoms with Crippen molar-refractivity contribution in [1.82, 2.24) is 15.4 Å². The van der Waals surface area contributed by atoms with Crippen LogP contribution in [-0.2, 0) is 14.8 Å². The number of sulfonamides is 1. The SMILES string of the molecule is CC(NS(=O)(=O)c1cccs1)C(=O)NCC1CCCNC1. The van der Waals surface area contributed by atoms with E-state index in [1.807, 2.05) is 0 Å². The van der Waals surface area contributed by atoms with Crippen molar-refractivity contribution in [1.29, 1.82) is 0 Å². The van der Waals surface area contributed by atoms with Crippen LogP contribution in [0.4, 0.5) is 0 Å². The van der Waals surface area contributed by atoms with Gasteiger partial charge >= 0.3 is 0 Å². The molecule has 1 fully saturated rings. The highest BCUT2D eigenvalue weighted by atomic mass is 32.2. The van der Waals surface area contributed by atoms with Gasteiger partial charge in [0.25, 0.3) is 10.0 Å². The van der Waals surface area contributed by atoms with Crippen molar-refractivity contribution in [2.24, 2.45) is 5.92 Å². The molecule has 1 amide bonds. The van der Waals surface area contributed by atoms with Crippen LogP contribution in [-0.4, -0.2) is 40.0 Å². The molecule has 1 aromatic rings. The van der Waals surface area contributed by atoms with Crippen LogP contribution >= 0.6 is 11.3 Å². The zero-order valence-corrected chi connectivity index (χ0v) is 13.6. The first-order valence-corrected chi connectivity index (χ1v) is 9.39. The van der Waals surface area contributed by atoms with Gasteiger partial charge in [0.2, 0.25) is 5.91 Å². The van der Waals surface area contributed by atoms with Gasteiger partial charge in [-0.05, 0) is 50.2 Å². The molecule has 2 atom stereocenters. The number of piperidine rings is 1. The smallest absolute Gasteiger partial charge is 0.250 e. The first-order valence-electron chi connectivity index (χ1n) is 7.03. The molecule has 0 aromatic carbocycles. The van der Waals surface area contributed by atoms with Gasteiger partial charge in [-0.2, -0.15) is 4.72 Å². The Hall–Kier alpha value is -0.960. The standard InChI is InChI=1S/C13H21N3O3S2/c1-10(16-21(18,19)12-5-3-7-20-12)13(17)15-9-11-4-2-6-14-8-11/h3,5,7,10-11,14,16H,2,4,6,8-9H2,1H3,(H,15,17). The minimum Gasteiger partial charge on any atom is -0.354 e. The molecular weight excluding hydrogens is 310 g/mol. The summed E-state index contributed by atoms with van der Waals surface area (Å²) in [7, 11) is -3.61. The van der Waals surface area contributed by atoms with E-state index >= 15 is 0 Å². The molecule has 3 N–H and O–H groups in total. The summed E-state index contributed by atoms with van der Waals surface area (Å²) in [5, 5.41) is 7.79. The summed E-state index contributed by atoms with van der Waals surface area (Å²) in [6.07, 6.45) is 2.20. The highest BCUT2D eigenvalue weighted by molar-refractivity contribution is 7.91. The van der Waals surface area contributed by atoms with Gasteiger partial charge in [-0.3, -0.25) is 4.79 Å². The zero-order valence-electron chi connectivity index (χ0n) is 12.0. The number of nitrogens with one attached hydrogen (secondary N) is 3. The van der Waals surface area contributed by atoms with Gasteiger partial charge in [0.15, 0.2) is 0 Å². The van der Waals surface area contributed by atoms with E-state index in [1.54, 1.807) is 18.4 Å². The van der Waals surface area contributed by atoms with E-state index < -0.39 is 16.1 Å². The second kappa shape index (κ2) is 7.35. The molecule has 1 saturated heterocycles. The van der Waals surface area contributed by atoms with Crippen molar-refractivity contribution in [2.45, 2.75) is 30.0 Å². The second-order valence-corrected chi connectivity index (χ2v) is 8.12. The Morgan fingerprint density at radius 1 is 1.57 bits per heavy atom. The fourth-order valence-electron chi connectivity index (χ4n) is 2.26. The van der Waals surface area contributed by atoms with Crippen molar-refractivity contribution < 1.29 is 13.2 Å². The fraction of sp³-hybridized carbons (Fsp3) is 0.615. The van der Waals surface area contributed by atoms with E-state index in [1.165, 1.54) is 6.07 Å². The van der Waals surface area contributed by atoms with E-state index in [-0.39, 0.29) is 10.1 Å². The molecule has 0 radical (unpaired) electrons. The average Bonchev–Trinajstić information content (AvgIpc) is 3.00. The van der Waals surface area contributed by atoms with Gasteiger partial charge in [-0.15, -0.1) is 11.3 Å². The van der Waals surface area contributed by atoms with Crippen LogP contribution in [0.3, 0.4) is 0 Å². The molecule has 6 nitrogen and oxygen atoms in total. The molecule has 8 heteroatoms. The second-order valence-electron chi connectivity index (χ2n) is 5.23. The molecule has 21 heavy (non-hydrogen) atoms. The summed E-state index contributed by atoms with van der Waals surface area (Å²) < 4.78 is 26.7. The largest absolute Gasteiger partial charge is 0.354 e. The van der Waals surface area contributed by atoms with Crippen LogP contribution < -0.4 is 15.4 Å². The molecule has 2 heterocycles. The number of rotatable bonds is 6. The third-order valence-electron chi connectivity index (χ3n) is 3.45. The summed E-state index contributed by atoms with van der Waals surface area (Å²) in [6, 6.07) is 2.40. The average molecular weight is 331 g/mol. The molecule has 2 rings (SSSR count). The third kappa shape index (κ3) is 4.77. The van der Waals surface area contributed by atoms with Crippen LogP contribution in [0.1, 0.15) is 19.8 Å². The van der Waals surface area contributed by atoms with Crippen molar-refractivity contribution in [3.8, 4) is 0 Å². The van der Waals surface area contributed by atoms with E-state index in [0.29, 0.717) is 12.5 Å². The number of thiophene rings is 1. The molecule has 118 valence electrons. The monoisotopic (exact) mass is 331 g/mol. The van der Waals surface area contributed by atoms with Crippen molar-refractivity contribution in [3.63, 3.8) is 0 Å². The Morgan fingerprint density at radius 2 is 2.38 bits per heavy atom. The van der Waals surface area contributed by atoms with Crippen LogP contribution in [0.25, 0.3) is 0 Å². The zero-order chi connectivity index (χ0) is 15.3. The lowest BCUT2D eigenvalue weighted by Gasteiger charge is -2.23. The first-order chi connectivity index (χ1) is 9.99. The number of carbonyl (C=O) groups is 1. The van der Waals surface area contributed by atoms with E-state index in [9.17, 15) is 13.2 Å². The number of hydrogen-bond donors (Lipinski definition) is 3. The van der Waals surface area contributed by atoms with Crippen molar-refractivity contribution >= 4 is 27.3 Å². The van der Waals surface area contributed by atoms with E-state index in [4.69, 9.17) is 0 Å². The summed E-state index contributed by atoms with van der Waals surface area (Å²) in [6.45, 7) is 4.06. The summed E-state index contributed by atoms with van der Waals surface area (Å²) >= 11 is 1.13. The van der Waals surface area contributed by atoms with Gasteiger partial charge < -0.3 is 10.6 Å².